The fourth-order valence-corrected chi connectivity index (χ4v) is 4.30. The highest BCUT2D eigenvalue weighted by atomic mass is 32.1. The Bertz CT molecular complexity index is 497. The van der Waals surface area contributed by atoms with E-state index in [1.807, 2.05) is 0 Å². The van der Waals surface area contributed by atoms with Crippen molar-refractivity contribution in [1.29, 1.82) is 0 Å². The fraction of sp³-hybridized carbons (Fsp3) is 0.867. The van der Waals surface area contributed by atoms with Crippen molar-refractivity contribution in [3.05, 3.63) is 5.01 Å². The first-order chi connectivity index (χ1) is 11.0. The van der Waals surface area contributed by atoms with Gasteiger partial charge >= 0.3 is 0 Å². The van der Waals surface area contributed by atoms with Gasteiger partial charge in [-0.25, -0.2) is 8.78 Å². The van der Waals surface area contributed by atoms with Crippen molar-refractivity contribution in [2.75, 3.05) is 37.6 Å². The van der Waals surface area contributed by atoms with Crippen LogP contribution in [-0.4, -0.2) is 60.0 Å². The number of rotatable bonds is 4. The quantitative estimate of drug-likeness (QED) is 0.839. The number of aromatic nitrogens is 2. The van der Waals surface area contributed by atoms with Crippen molar-refractivity contribution in [3.63, 3.8) is 0 Å². The second-order valence-electron chi connectivity index (χ2n) is 6.63. The Morgan fingerprint density at radius 1 is 1.17 bits per heavy atom. The van der Waals surface area contributed by atoms with Crippen molar-refractivity contribution in [1.82, 2.24) is 15.1 Å². The molecule has 23 heavy (non-hydrogen) atoms. The maximum atomic E-state index is 12.6. The molecule has 0 aromatic carbocycles. The van der Waals surface area contributed by atoms with Crippen LogP contribution >= 0.6 is 11.3 Å². The summed E-state index contributed by atoms with van der Waals surface area (Å²) < 4.78 is 31.0. The smallest absolute Gasteiger partial charge is 0.291 e. The molecule has 3 heterocycles. The fourth-order valence-electron chi connectivity index (χ4n) is 3.55. The molecule has 2 fully saturated rings. The number of hydrogen-bond acceptors (Lipinski definition) is 6. The third-order valence-corrected chi connectivity index (χ3v) is 5.50. The molecule has 130 valence electrons. The highest BCUT2D eigenvalue weighted by Crippen LogP contribution is 2.30. The lowest BCUT2D eigenvalue weighted by Crippen LogP contribution is -2.48. The Morgan fingerprint density at radius 2 is 1.83 bits per heavy atom. The largest absolute Gasteiger partial charge is 0.373 e. The topological polar surface area (TPSA) is 41.5 Å². The van der Waals surface area contributed by atoms with E-state index in [9.17, 15) is 8.78 Å². The Hall–Kier alpha value is -0.860. The van der Waals surface area contributed by atoms with Gasteiger partial charge in [0.05, 0.1) is 12.2 Å². The Morgan fingerprint density at radius 3 is 2.39 bits per heavy atom. The van der Waals surface area contributed by atoms with E-state index in [4.69, 9.17) is 4.74 Å². The van der Waals surface area contributed by atoms with Gasteiger partial charge in [0.15, 0.2) is 5.01 Å². The van der Waals surface area contributed by atoms with Gasteiger partial charge in [0.2, 0.25) is 5.13 Å². The minimum Gasteiger partial charge on any atom is -0.373 e. The average Bonchev–Trinajstić information content (AvgIpc) is 2.97. The summed E-state index contributed by atoms with van der Waals surface area (Å²) in [6, 6.07) is 0. The molecule has 0 bridgehead atoms. The lowest BCUT2D eigenvalue weighted by Gasteiger charge is -2.39. The minimum absolute atomic E-state index is 0.182. The molecule has 2 aliphatic rings. The van der Waals surface area contributed by atoms with Crippen molar-refractivity contribution in [3.8, 4) is 0 Å². The van der Waals surface area contributed by atoms with E-state index >= 15 is 0 Å². The first-order valence-electron chi connectivity index (χ1n) is 8.25. The number of ether oxygens (including phenoxy) is 1. The zero-order valence-corrected chi connectivity index (χ0v) is 14.4. The Kier molecular flexibility index (Phi) is 5.43. The average molecular weight is 346 g/mol. The van der Waals surface area contributed by atoms with Crippen LogP contribution in [-0.2, 0) is 4.74 Å². The molecule has 0 saturated carbocycles. The van der Waals surface area contributed by atoms with Gasteiger partial charge in [-0.1, -0.05) is 11.3 Å². The van der Waals surface area contributed by atoms with Gasteiger partial charge in [-0.15, -0.1) is 10.2 Å². The predicted molar refractivity (Wildman–Crippen MR) is 86.3 cm³/mol. The number of hydrogen-bond donors (Lipinski definition) is 0. The molecule has 1 aromatic rings. The molecule has 0 spiro atoms. The first kappa shape index (κ1) is 17.0. The van der Waals surface area contributed by atoms with Gasteiger partial charge < -0.3 is 9.64 Å². The Balaban J connectivity index is 1.48. The molecule has 1 aromatic heterocycles. The van der Waals surface area contributed by atoms with E-state index in [2.05, 4.69) is 33.8 Å². The summed E-state index contributed by atoms with van der Waals surface area (Å²) >= 11 is 1.01. The molecule has 0 unspecified atom stereocenters. The summed E-state index contributed by atoms with van der Waals surface area (Å²) in [6.07, 6.45) is 0.220. The van der Waals surface area contributed by atoms with E-state index in [0.717, 1.165) is 56.9 Å². The monoisotopic (exact) mass is 346 g/mol. The maximum Gasteiger partial charge on any atom is 0.291 e. The minimum atomic E-state index is -2.52. The van der Waals surface area contributed by atoms with Crippen LogP contribution in [0.15, 0.2) is 0 Å². The standard InChI is InChI=1S/C15H24F2N4OS/c1-10-7-20(8-11(2)22-10)9-12-3-5-21(6-4-12)15-19-18-14(23-15)13(16)17/h10-13H,3-9H2,1-2H3/t10-,11-/m0/s1. The van der Waals surface area contributed by atoms with Crippen LogP contribution in [0.3, 0.4) is 0 Å². The number of nitrogens with zero attached hydrogens (tertiary/aromatic N) is 4. The van der Waals surface area contributed by atoms with E-state index in [0.29, 0.717) is 23.3 Å². The van der Waals surface area contributed by atoms with Crippen LogP contribution < -0.4 is 4.90 Å². The molecule has 0 amide bonds. The molecule has 8 heteroatoms. The lowest BCUT2D eigenvalue weighted by atomic mass is 9.96. The number of anilines is 1. The predicted octanol–water partition coefficient (Wildman–Crippen LogP) is 2.80. The van der Waals surface area contributed by atoms with Crippen molar-refractivity contribution >= 4 is 16.5 Å². The van der Waals surface area contributed by atoms with E-state index in [1.165, 1.54) is 0 Å². The van der Waals surface area contributed by atoms with Crippen molar-refractivity contribution in [2.45, 2.75) is 45.3 Å². The lowest BCUT2D eigenvalue weighted by molar-refractivity contribution is -0.0720. The van der Waals surface area contributed by atoms with Crippen LogP contribution in [0.4, 0.5) is 13.9 Å². The van der Waals surface area contributed by atoms with Crippen LogP contribution in [0.5, 0.6) is 0 Å². The first-order valence-corrected chi connectivity index (χ1v) is 9.07. The number of alkyl halides is 2. The van der Waals surface area contributed by atoms with Crippen molar-refractivity contribution < 1.29 is 13.5 Å². The molecule has 2 aliphatic heterocycles. The van der Waals surface area contributed by atoms with Gasteiger partial charge in [-0.2, -0.15) is 0 Å². The van der Waals surface area contributed by atoms with E-state index in [-0.39, 0.29) is 5.01 Å². The Labute approximate surface area is 139 Å². The molecule has 3 rings (SSSR count). The van der Waals surface area contributed by atoms with E-state index < -0.39 is 6.43 Å². The SMILES string of the molecule is C[C@H]1CN(CC2CCN(c3nnc(C(F)F)s3)CC2)C[C@H](C)O1. The summed E-state index contributed by atoms with van der Waals surface area (Å²) in [5.74, 6) is 0.659. The summed E-state index contributed by atoms with van der Waals surface area (Å²) in [6.45, 7) is 9.10. The van der Waals surface area contributed by atoms with Crippen LogP contribution in [0, 0.1) is 5.92 Å². The second kappa shape index (κ2) is 7.36. The number of morpholine rings is 1. The van der Waals surface area contributed by atoms with Gasteiger partial charge in [0.25, 0.3) is 6.43 Å². The second-order valence-corrected chi connectivity index (χ2v) is 7.62. The molecular weight excluding hydrogens is 322 g/mol. The highest BCUT2D eigenvalue weighted by Gasteiger charge is 2.28. The maximum absolute atomic E-state index is 12.6. The van der Waals surface area contributed by atoms with Gasteiger partial charge in [-0.3, -0.25) is 4.90 Å². The number of halogens is 2. The third kappa shape index (κ3) is 4.36. The van der Waals surface area contributed by atoms with Gasteiger partial charge in [-0.05, 0) is 32.6 Å². The molecule has 2 atom stereocenters. The molecule has 2 saturated heterocycles. The molecule has 0 aliphatic carbocycles. The molecular formula is C15H24F2N4OS. The molecule has 5 nitrogen and oxygen atoms in total. The normalized spacial score (nSPS) is 27.8. The zero-order valence-electron chi connectivity index (χ0n) is 13.6. The summed E-state index contributed by atoms with van der Waals surface area (Å²) in [4.78, 5) is 4.59. The van der Waals surface area contributed by atoms with Crippen LogP contribution in [0.1, 0.15) is 38.1 Å². The van der Waals surface area contributed by atoms with Gasteiger partial charge in [0.1, 0.15) is 0 Å². The zero-order chi connectivity index (χ0) is 16.4. The number of piperidine rings is 1. The summed E-state index contributed by atoms with van der Waals surface area (Å²) in [5.41, 5.74) is 0. The van der Waals surface area contributed by atoms with E-state index in [1.54, 1.807) is 0 Å². The van der Waals surface area contributed by atoms with Crippen molar-refractivity contribution in [2.24, 2.45) is 5.92 Å². The summed E-state index contributed by atoms with van der Waals surface area (Å²) in [5, 5.41) is 7.93. The van der Waals surface area contributed by atoms with Crippen LogP contribution in [0.25, 0.3) is 0 Å². The molecule has 0 radical (unpaired) electrons. The summed E-state index contributed by atoms with van der Waals surface area (Å²) in [7, 11) is 0. The van der Waals surface area contributed by atoms with Crippen LogP contribution in [0.2, 0.25) is 0 Å². The highest BCUT2D eigenvalue weighted by molar-refractivity contribution is 7.15. The third-order valence-electron chi connectivity index (χ3n) is 4.51. The van der Waals surface area contributed by atoms with Gasteiger partial charge in [0, 0.05) is 32.7 Å². The molecule has 0 N–H and O–H groups in total.